The molecule has 0 amide bonds. The first-order valence-electron chi connectivity index (χ1n) is 6.81. The van der Waals surface area contributed by atoms with Crippen molar-refractivity contribution in [3.05, 3.63) is 24.5 Å². The van der Waals surface area contributed by atoms with Crippen molar-refractivity contribution in [2.75, 3.05) is 32.0 Å². The molecule has 1 atom stereocenters. The molecule has 1 aliphatic rings. The Morgan fingerprint density at radius 1 is 1.32 bits per heavy atom. The third-order valence-electron chi connectivity index (χ3n) is 3.63. The molecule has 2 aromatic rings. The third-order valence-corrected chi connectivity index (χ3v) is 3.63. The summed E-state index contributed by atoms with van der Waals surface area (Å²) in [6, 6.07) is 3.94. The largest absolute Gasteiger partial charge is 0.370 e. The Morgan fingerprint density at radius 2 is 2.21 bits per heavy atom. The van der Waals surface area contributed by atoms with E-state index in [0.29, 0.717) is 11.6 Å². The van der Waals surface area contributed by atoms with Crippen LogP contribution in [0.1, 0.15) is 12.8 Å². The summed E-state index contributed by atoms with van der Waals surface area (Å²) in [5, 5.41) is 3.42. The minimum Gasteiger partial charge on any atom is -0.370 e. The zero-order chi connectivity index (χ0) is 13.1. The van der Waals surface area contributed by atoms with Gasteiger partial charge in [-0.05, 0) is 44.5 Å². The van der Waals surface area contributed by atoms with Crippen molar-refractivity contribution in [3.8, 4) is 0 Å². The van der Waals surface area contributed by atoms with Crippen LogP contribution in [0.15, 0.2) is 24.5 Å². The first kappa shape index (κ1) is 12.3. The summed E-state index contributed by atoms with van der Waals surface area (Å²) in [5.41, 5.74) is 1.54. The maximum atomic E-state index is 4.48. The fourth-order valence-electron chi connectivity index (χ4n) is 2.64. The quantitative estimate of drug-likeness (QED) is 0.908. The summed E-state index contributed by atoms with van der Waals surface area (Å²) in [6.45, 7) is 3.36. The van der Waals surface area contributed by atoms with Crippen molar-refractivity contribution in [1.82, 2.24) is 19.9 Å². The molecular formula is C14H19N5. The number of nitrogens with one attached hydrogen (secondary N) is 1. The number of nitrogens with zero attached hydrogens (tertiary/aromatic N) is 4. The Balaban J connectivity index is 1.64. The average molecular weight is 257 g/mol. The van der Waals surface area contributed by atoms with Crippen LogP contribution in [0.25, 0.3) is 11.2 Å². The minimum atomic E-state index is 0.702. The summed E-state index contributed by atoms with van der Waals surface area (Å²) in [7, 11) is 2.19. The predicted octanol–water partition coefficient (Wildman–Crippen LogP) is 1.78. The highest BCUT2D eigenvalue weighted by atomic mass is 15.1. The molecule has 3 rings (SSSR count). The normalized spacial score (nSPS) is 20.6. The van der Waals surface area contributed by atoms with E-state index in [1.54, 1.807) is 12.4 Å². The van der Waals surface area contributed by atoms with Crippen LogP contribution in [0.4, 0.5) is 5.82 Å². The number of hydrogen-bond donors (Lipinski definition) is 1. The maximum Gasteiger partial charge on any atom is 0.180 e. The summed E-state index contributed by atoms with van der Waals surface area (Å²) >= 11 is 0. The Labute approximate surface area is 113 Å². The number of aromatic nitrogens is 3. The molecule has 1 saturated heterocycles. The van der Waals surface area contributed by atoms with Crippen LogP contribution in [-0.4, -0.2) is 46.5 Å². The van der Waals surface area contributed by atoms with Crippen LogP contribution < -0.4 is 5.32 Å². The van der Waals surface area contributed by atoms with E-state index in [1.807, 2.05) is 12.1 Å². The van der Waals surface area contributed by atoms with E-state index >= 15 is 0 Å². The van der Waals surface area contributed by atoms with Crippen LogP contribution in [0, 0.1) is 5.92 Å². The molecule has 0 spiro atoms. The summed E-state index contributed by atoms with van der Waals surface area (Å²) in [6.07, 6.45) is 5.95. The van der Waals surface area contributed by atoms with Crippen molar-refractivity contribution in [1.29, 1.82) is 0 Å². The van der Waals surface area contributed by atoms with Crippen molar-refractivity contribution < 1.29 is 0 Å². The van der Waals surface area contributed by atoms with Gasteiger partial charge in [0.1, 0.15) is 11.3 Å². The van der Waals surface area contributed by atoms with E-state index in [9.17, 15) is 0 Å². The second kappa shape index (κ2) is 5.48. The second-order valence-corrected chi connectivity index (χ2v) is 5.25. The van der Waals surface area contributed by atoms with Gasteiger partial charge in [-0.1, -0.05) is 0 Å². The molecule has 0 radical (unpaired) electrons. The van der Waals surface area contributed by atoms with E-state index in [0.717, 1.165) is 17.9 Å². The molecule has 100 valence electrons. The van der Waals surface area contributed by atoms with Gasteiger partial charge < -0.3 is 10.2 Å². The molecule has 0 aliphatic carbocycles. The molecule has 1 aliphatic heterocycles. The summed E-state index contributed by atoms with van der Waals surface area (Å²) < 4.78 is 0. The first-order chi connectivity index (χ1) is 9.31. The Hall–Kier alpha value is -1.75. The smallest absolute Gasteiger partial charge is 0.180 e. The number of hydrogen-bond acceptors (Lipinski definition) is 5. The molecule has 3 heterocycles. The number of fused-ring (bicyclic) bond motifs is 1. The summed E-state index contributed by atoms with van der Waals surface area (Å²) in [4.78, 5) is 15.3. The molecule has 0 saturated carbocycles. The van der Waals surface area contributed by atoms with E-state index in [1.165, 1.54) is 25.9 Å². The van der Waals surface area contributed by atoms with Crippen molar-refractivity contribution in [2.24, 2.45) is 5.92 Å². The molecule has 0 bridgehead atoms. The van der Waals surface area contributed by atoms with E-state index in [4.69, 9.17) is 0 Å². The van der Waals surface area contributed by atoms with Gasteiger partial charge >= 0.3 is 0 Å². The number of pyridine rings is 1. The number of piperidine rings is 1. The van der Waals surface area contributed by atoms with E-state index in [2.05, 4.69) is 32.2 Å². The number of likely N-dealkylation sites (tertiary alicyclic amines) is 1. The van der Waals surface area contributed by atoms with E-state index in [-0.39, 0.29) is 0 Å². The predicted molar refractivity (Wildman–Crippen MR) is 76.0 cm³/mol. The van der Waals surface area contributed by atoms with Gasteiger partial charge in [0, 0.05) is 25.5 Å². The lowest BCUT2D eigenvalue weighted by atomic mass is 9.98. The number of rotatable bonds is 3. The van der Waals surface area contributed by atoms with Gasteiger partial charge in [0.25, 0.3) is 0 Å². The molecule has 19 heavy (non-hydrogen) atoms. The van der Waals surface area contributed by atoms with Crippen LogP contribution in [-0.2, 0) is 0 Å². The lowest BCUT2D eigenvalue weighted by Gasteiger charge is -2.29. The van der Waals surface area contributed by atoms with Crippen LogP contribution in [0.3, 0.4) is 0 Å². The zero-order valence-corrected chi connectivity index (χ0v) is 11.2. The fraction of sp³-hybridized carbons (Fsp3) is 0.500. The van der Waals surface area contributed by atoms with Gasteiger partial charge in [-0.3, -0.25) is 4.98 Å². The number of anilines is 1. The molecule has 0 aromatic carbocycles. The van der Waals surface area contributed by atoms with Gasteiger partial charge in [-0.25, -0.2) is 9.97 Å². The molecule has 1 unspecified atom stereocenters. The van der Waals surface area contributed by atoms with Crippen LogP contribution >= 0.6 is 0 Å². The first-order valence-corrected chi connectivity index (χ1v) is 6.81. The highest BCUT2D eigenvalue weighted by Crippen LogP contribution is 2.16. The van der Waals surface area contributed by atoms with E-state index < -0.39 is 0 Å². The topological polar surface area (TPSA) is 53.9 Å². The minimum absolute atomic E-state index is 0.702. The monoisotopic (exact) mass is 257 g/mol. The van der Waals surface area contributed by atoms with Crippen LogP contribution in [0.2, 0.25) is 0 Å². The highest BCUT2D eigenvalue weighted by molar-refractivity contribution is 5.71. The average Bonchev–Trinajstić information content (AvgIpc) is 2.45. The highest BCUT2D eigenvalue weighted by Gasteiger charge is 2.16. The zero-order valence-electron chi connectivity index (χ0n) is 11.2. The summed E-state index contributed by atoms with van der Waals surface area (Å²) in [5.74, 6) is 1.60. The van der Waals surface area contributed by atoms with Crippen molar-refractivity contribution >= 4 is 17.0 Å². The van der Waals surface area contributed by atoms with Gasteiger partial charge in [-0.15, -0.1) is 0 Å². The van der Waals surface area contributed by atoms with Crippen LogP contribution in [0.5, 0.6) is 0 Å². The van der Waals surface area contributed by atoms with Gasteiger partial charge in [0.05, 0.1) is 0 Å². The molecule has 2 aromatic heterocycles. The molecule has 1 N–H and O–H groups in total. The third kappa shape index (κ3) is 2.98. The second-order valence-electron chi connectivity index (χ2n) is 5.25. The van der Waals surface area contributed by atoms with Crippen molar-refractivity contribution in [2.45, 2.75) is 12.8 Å². The SMILES string of the molecule is CN1CCCC(CNc2ccc3nccnc3n2)C1. The maximum absolute atomic E-state index is 4.48. The Bertz CT molecular complexity index is 556. The van der Waals surface area contributed by atoms with Gasteiger partial charge in [0.2, 0.25) is 0 Å². The standard InChI is InChI=1S/C14H19N5/c1-19-8-2-3-11(10-19)9-17-13-5-4-12-14(18-13)16-7-6-15-12/h4-7,11H,2-3,8-10H2,1H3,(H,16,17,18). The molecular weight excluding hydrogens is 238 g/mol. The molecule has 5 nitrogen and oxygen atoms in total. The molecule has 1 fully saturated rings. The Kier molecular flexibility index (Phi) is 3.55. The lowest BCUT2D eigenvalue weighted by molar-refractivity contribution is 0.217. The van der Waals surface area contributed by atoms with Crippen molar-refractivity contribution in [3.63, 3.8) is 0 Å². The Morgan fingerprint density at radius 3 is 3.11 bits per heavy atom. The van der Waals surface area contributed by atoms with Gasteiger partial charge in [-0.2, -0.15) is 0 Å². The van der Waals surface area contributed by atoms with Gasteiger partial charge in [0.15, 0.2) is 5.65 Å². The lowest BCUT2D eigenvalue weighted by Crippen LogP contribution is -2.35. The fourth-order valence-corrected chi connectivity index (χ4v) is 2.64. The molecule has 5 heteroatoms.